The lowest BCUT2D eigenvalue weighted by Crippen LogP contribution is -2.19. The highest BCUT2D eigenvalue weighted by atomic mass is 32.2. The fraction of sp³-hybridized carbons (Fsp3) is 0.158. The number of benzene rings is 2. The van der Waals surface area contributed by atoms with Gasteiger partial charge in [-0.25, -0.2) is 13.1 Å². The van der Waals surface area contributed by atoms with Gasteiger partial charge in [-0.15, -0.1) is 0 Å². The molecule has 0 saturated heterocycles. The Balaban J connectivity index is 2.10. The Morgan fingerprint density at radius 2 is 1.93 bits per heavy atom. The third-order valence-electron chi connectivity index (χ3n) is 3.60. The second-order valence-corrected chi connectivity index (χ2v) is 7.27. The Labute approximate surface area is 163 Å². The molecular weight excluding hydrogens is 382 g/mol. The Morgan fingerprint density at radius 3 is 2.54 bits per heavy atom. The van der Waals surface area contributed by atoms with Crippen molar-refractivity contribution in [3.8, 4) is 17.6 Å². The van der Waals surface area contributed by atoms with Crippen molar-refractivity contribution in [1.29, 1.82) is 5.26 Å². The molecule has 2 rings (SSSR count). The van der Waals surface area contributed by atoms with Gasteiger partial charge >= 0.3 is 0 Å². The van der Waals surface area contributed by atoms with Gasteiger partial charge in [0.2, 0.25) is 15.9 Å². The maximum Gasteiger partial charge on any atom is 0.248 e. The lowest BCUT2D eigenvalue weighted by atomic mass is 10.2. The zero-order valence-electron chi connectivity index (χ0n) is 15.3. The first-order valence-corrected chi connectivity index (χ1v) is 9.58. The van der Waals surface area contributed by atoms with Gasteiger partial charge in [0.25, 0.3) is 0 Å². The van der Waals surface area contributed by atoms with Crippen LogP contribution < -0.4 is 19.5 Å². The minimum Gasteiger partial charge on any atom is -0.495 e. The number of nitrogens with zero attached hydrogens (tertiary/aromatic N) is 1. The quantitative estimate of drug-likeness (QED) is 0.655. The first-order valence-electron chi connectivity index (χ1n) is 8.10. The molecule has 0 atom stereocenters. The van der Waals surface area contributed by atoms with Crippen LogP contribution in [0.5, 0.6) is 11.5 Å². The first kappa shape index (κ1) is 21.0. The van der Waals surface area contributed by atoms with Crippen LogP contribution in [0.3, 0.4) is 0 Å². The molecule has 146 valence electrons. The molecule has 0 fully saturated rings. The largest absolute Gasteiger partial charge is 0.495 e. The second-order valence-electron chi connectivity index (χ2n) is 5.41. The summed E-state index contributed by atoms with van der Waals surface area (Å²) in [5, 5.41) is 11.1. The maximum absolute atomic E-state index is 12.1. The SMILES string of the molecule is CNS(=O)(=O)c1cc(/C=C/C(=O)Nc2ccc(OCC#N)cc2)ccc1OC. The number of carbonyl (C=O) groups excluding carboxylic acids is 1. The minimum absolute atomic E-state index is 0.0204. The van der Waals surface area contributed by atoms with Gasteiger partial charge in [0.05, 0.1) is 7.11 Å². The maximum atomic E-state index is 12.1. The predicted molar refractivity (Wildman–Crippen MR) is 104 cm³/mol. The van der Waals surface area contributed by atoms with E-state index < -0.39 is 10.0 Å². The lowest BCUT2D eigenvalue weighted by Gasteiger charge is -2.09. The van der Waals surface area contributed by atoms with Gasteiger partial charge in [0, 0.05) is 11.8 Å². The van der Waals surface area contributed by atoms with Crippen molar-refractivity contribution in [2.75, 3.05) is 26.1 Å². The second kappa shape index (κ2) is 9.55. The van der Waals surface area contributed by atoms with Crippen LogP contribution >= 0.6 is 0 Å². The molecule has 9 heteroatoms. The van der Waals surface area contributed by atoms with E-state index in [1.807, 2.05) is 6.07 Å². The number of rotatable bonds is 8. The summed E-state index contributed by atoms with van der Waals surface area (Å²) in [7, 11) is -1.02. The summed E-state index contributed by atoms with van der Waals surface area (Å²) in [4.78, 5) is 12.1. The number of ether oxygens (including phenoxy) is 2. The van der Waals surface area contributed by atoms with E-state index in [4.69, 9.17) is 14.7 Å². The van der Waals surface area contributed by atoms with E-state index in [0.717, 1.165) is 0 Å². The van der Waals surface area contributed by atoms with Gasteiger partial charge in [-0.1, -0.05) is 6.07 Å². The fourth-order valence-corrected chi connectivity index (χ4v) is 3.15. The Hall–Kier alpha value is -3.35. The van der Waals surface area contributed by atoms with E-state index in [9.17, 15) is 13.2 Å². The molecule has 0 aromatic heterocycles. The zero-order valence-corrected chi connectivity index (χ0v) is 16.1. The van der Waals surface area contributed by atoms with Gasteiger partial charge in [0.1, 0.15) is 22.5 Å². The Kier molecular flexibility index (Phi) is 7.14. The van der Waals surface area contributed by atoms with Crippen LogP contribution in [0.4, 0.5) is 5.69 Å². The normalized spacial score (nSPS) is 11.0. The first-order chi connectivity index (χ1) is 13.4. The lowest BCUT2D eigenvalue weighted by molar-refractivity contribution is -0.111. The number of carbonyl (C=O) groups is 1. The monoisotopic (exact) mass is 401 g/mol. The minimum atomic E-state index is -3.70. The van der Waals surface area contributed by atoms with Gasteiger partial charge < -0.3 is 14.8 Å². The van der Waals surface area contributed by atoms with Crippen molar-refractivity contribution in [2.45, 2.75) is 4.90 Å². The van der Waals surface area contributed by atoms with Crippen LogP contribution in [-0.2, 0) is 14.8 Å². The highest BCUT2D eigenvalue weighted by molar-refractivity contribution is 7.89. The Bertz CT molecular complexity index is 1010. The zero-order chi connectivity index (χ0) is 20.6. The number of amides is 1. The number of hydrogen-bond donors (Lipinski definition) is 2. The smallest absolute Gasteiger partial charge is 0.248 e. The molecule has 0 radical (unpaired) electrons. The predicted octanol–water partition coefficient (Wildman–Crippen LogP) is 2.16. The summed E-state index contributed by atoms with van der Waals surface area (Å²) in [5.74, 6) is 0.334. The van der Waals surface area contributed by atoms with E-state index in [-0.39, 0.29) is 23.2 Å². The highest BCUT2D eigenvalue weighted by Gasteiger charge is 2.17. The standard InChI is InChI=1S/C19H19N3O5S/c1-21-28(24,25)18-13-14(3-9-17(18)26-2)4-10-19(23)22-15-5-7-16(8-6-15)27-12-11-20/h3-10,13,21H,12H2,1-2H3,(H,22,23)/b10-4+. The number of methoxy groups -OCH3 is 1. The van der Waals surface area contributed by atoms with Crippen LogP contribution in [0.1, 0.15) is 5.56 Å². The van der Waals surface area contributed by atoms with Crippen LogP contribution in [0, 0.1) is 11.3 Å². The van der Waals surface area contributed by atoms with Crippen LogP contribution in [0.25, 0.3) is 6.08 Å². The molecule has 0 heterocycles. The van der Waals surface area contributed by atoms with E-state index in [0.29, 0.717) is 17.0 Å². The third kappa shape index (κ3) is 5.57. The van der Waals surface area contributed by atoms with Gasteiger partial charge in [-0.2, -0.15) is 5.26 Å². The van der Waals surface area contributed by atoms with Crippen LogP contribution in [0.15, 0.2) is 53.4 Å². The van der Waals surface area contributed by atoms with E-state index in [1.165, 1.54) is 38.4 Å². The summed E-state index contributed by atoms with van der Waals surface area (Å²) in [6, 6.07) is 13.0. The molecule has 2 N–H and O–H groups in total. The summed E-state index contributed by atoms with van der Waals surface area (Å²) >= 11 is 0. The molecule has 0 bridgehead atoms. The van der Waals surface area contributed by atoms with Gasteiger partial charge in [-0.3, -0.25) is 4.79 Å². The summed E-state index contributed by atoms with van der Waals surface area (Å²) < 4.78 is 36.6. The van der Waals surface area contributed by atoms with Crippen molar-refractivity contribution in [3.63, 3.8) is 0 Å². The summed E-state index contributed by atoms with van der Waals surface area (Å²) in [6.07, 6.45) is 2.78. The van der Waals surface area contributed by atoms with E-state index in [1.54, 1.807) is 30.3 Å². The number of anilines is 1. The molecule has 28 heavy (non-hydrogen) atoms. The Morgan fingerprint density at radius 1 is 1.21 bits per heavy atom. The highest BCUT2D eigenvalue weighted by Crippen LogP contribution is 2.25. The third-order valence-corrected chi connectivity index (χ3v) is 5.03. The van der Waals surface area contributed by atoms with Crippen molar-refractivity contribution < 1.29 is 22.7 Å². The molecule has 8 nitrogen and oxygen atoms in total. The van der Waals surface area contributed by atoms with Crippen LogP contribution in [-0.4, -0.2) is 35.1 Å². The number of nitrogens with one attached hydrogen (secondary N) is 2. The number of sulfonamides is 1. The molecule has 0 unspecified atom stereocenters. The molecule has 2 aromatic carbocycles. The van der Waals surface area contributed by atoms with Crippen molar-refractivity contribution in [3.05, 3.63) is 54.1 Å². The van der Waals surface area contributed by atoms with Gasteiger partial charge in [-0.05, 0) is 55.1 Å². The summed E-state index contributed by atoms with van der Waals surface area (Å²) in [6.45, 7) is -0.0540. The molecule has 0 aliphatic heterocycles. The molecule has 0 spiro atoms. The van der Waals surface area contributed by atoms with Crippen LogP contribution in [0.2, 0.25) is 0 Å². The number of hydrogen-bond acceptors (Lipinski definition) is 6. The average molecular weight is 401 g/mol. The van der Waals surface area contributed by atoms with Crippen molar-refractivity contribution in [1.82, 2.24) is 4.72 Å². The van der Waals surface area contributed by atoms with Gasteiger partial charge in [0.15, 0.2) is 6.61 Å². The molecule has 0 aliphatic rings. The topological polar surface area (TPSA) is 118 Å². The fourth-order valence-electron chi connectivity index (χ4n) is 2.22. The van der Waals surface area contributed by atoms with Crippen molar-refractivity contribution >= 4 is 27.7 Å². The van der Waals surface area contributed by atoms with Crippen molar-refractivity contribution in [2.24, 2.45) is 0 Å². The molecule has 1 amide bonds. The molecule has 0 aliphatic carbocycles. The molecular formula is C19H19N3O5S. The summed E-state index contributed by atoms with van der Waals surface area (Å²) in [5.41, 5.74) is 1.07. The molecule has 0 saturated carbocycles. The molecule has 2 aromatic rings. The van der Waals surface area contributed by atoms with E-state index in [2.05, 4.69) is 10.0 Å². The average Bonchev–Trinajstić information content (AvgIpc) is 2.71. The van der Waals surface area contributed by atoms with E-state index >= 15 is 0 Å². The number of nitriles is 1.